The fourth-order valence-electron chi connectivity index (χ4n) is 1.67. The summed E-state index contributed by atoms with van der Waals surface area (Å²) in [7, 11) is 0. The highest BCUT2D eigenvalue weighted by molar-refractivity contribution is 5.72. The number of benzene rings is 1. The summed E-state index contributed by atoms with van der Waals surface area (Å²) < 4.78 is 13.9. The number of nitrogen functional groups attached to an aromatic ring is 1. The first kappa shape index (κ1) is 10.6. The molecule has 82 valence electrons. The highest BCUT2D eigenvalue weighted by Gasteiger charge is 2.10. The van der Waals surface area contributed by atoms with Gasteiger partial charge in [-0.2, -0.15) is 0 Å². The predicted octanol–water partition coefficient (Wildman–Crippen LogP) is 3.09. The Bertz CT molecular complexity index is 486. The van der Waals surface area contributed by atoms with E-state index in [-0.39, 0.29) is 5.82 Å². The zero-order valence-electron chi connectivity index (χ0n) is 9.29. The molecule has 2 rings (SSSR count). The summed E-state index contributed by atoms with van der Waals surface area (Å²) in [4.78, 5) is 4.00. The van der Waals surface area contributed by atoms with Crippen molar-refractivity contribution in [3.63, 3.8) is 0 Å². The number of nitrogens with two attached hydrogens (primary N) is 1. The van der Waals surface area contributed by atoms with E-state index < -0.39 is 0 Å². The Morgan fingerprint density at radius 1 is 1.12 bits per heavy atom. The normalized spacial score (nSPS) is 10.4. The van der Waals surface area contributed by atoms with Gasteiger partial charge in [-0.15, -0.1) is 0 Å². The maximum atomic E-state index is 13.9. The number of rotatable bonds is 1. The van der Waals surface area contributed by atoms with Crippen molar-refractivity contribution in [3.05, 3.63) is 47.5 Å². The van der Waals surface area contributed by atoms with E-state index in [1.165, 1.54) is 0 Å². The lowest BCUT2D eigenvalue weighted by Gasteiger charge is -2.09. The van der Waals surface area contributed by atoms with Crippen LogP contribution in [-0.4, -0.2) is 4.98 Å². The van der Waals surface area contributed by atoms with Gasteiger partial charge in [0.2, 0.25) is 0 Å². The van der Waals surface area contributed by atoms with Crippen LogP contribution in [0.3, 0.4) is 0 Å². The van der Waals surface area contributed by atoms with Crippen LogP contribution in [0.2, 0.25) is 0 Å². The van der Waals surface area contributed by atoms with Crippen molar-refractivity contribution in [2.24, 2.45) is 0 Å². The molecular formula is C13H13FN2. The molecule has 2 N–H and O–H groups in total. The SMILES string of the molecule is Cc1cccc(-c2cncc(N)c2C)c1F. The summed E-state index contributed by atoms with van der Waals surface area (Å²) in [6.45, 7) is 3.61. The van der Waals surface area contributed by atoms with Gasteiger partial charge in [-0.05, 0) is 25.0 Å². The van der Waals surface area contributed by atoms with Gasteiger partial charge in [0.25, 0.3) is 0 Å². The van der Waals surface area contributed by atoms with Gasteiger partial charge in [0.15, 0.2) is 0 Å². The lowest BCUT2D eigenvalue weighted by atomic mass is 10.00. The van der Waals surface area contributed by atoms with Crippen molar-refractivity contribution in [2.45, 2.75) is 13.8 Å². The Hall–Kier alpha value is -1.90. The number of pyridine rings is 1. The Morgan fingerprint density at radius 2 is 1.88 bits per heavy atom. The molecule has 16 heavy (non-hydrogen) atoms. The molecule has 0 aliphatic carbocycles. The molecule has 0 bridgehead atoms. The first-order valence-corrected chi connectivity index (χ1v) is 5.07. The van der Waals surface area contributed by atoms with Gasteiger partial charge in [-0.1, -0.05) is 18.2 Å². The first-order valence-electron chi connectivity index (χ1n) is 5.07. The molecule has 0 radical (unpaired) electrons. The van der Waals surface area contributed by atoms with Crippen LogP contribution in [0.1, 0.15) is 11.1 Å². The highest BCUT2D eigenvalue weighted by atomic mass is 19.1. The van der Waals surface area contributed by atoms with Crippen molar-refractivity contribution >= 4 is 5.69 Å². The number of anilines is 1. The van der Waals surface area contributed by atoms with E-state index >= 15 is 0 Å². The van der Waals surface area contributed by atoms with Gasteiger partial charge in [0, 0.05) is 17.3 Å². The average Bonchev–Trinajstić information content (AvgIpc) is 2.27. The third kappa shape index (κ3) is 1.65. The molecular weight excluding hydrogens is 203 g/mol. The van der Waals surface area contributed by atoms with Crippen LogP contribution >= 0.6 is 0 Å². The Morgan fingerprint density at radius 3 is 2.62 bits per heavy atom. The van der Waals surface area contributed by atoms with Crippen molar-refractivity contribution in [1.82, 2.24) is 4.98 Å². The van der Waals surface area contributed by atoms with Crippen LogP contribution in [0, 0.1) is 19.7 Å². The molecule has 1 aromatic carbocycles. The topological polar surface area (TPSA) is 38.9 Å². The van der Waals surface area contributed by atoms with Crippen LogP contribution in [0.25, 0.3) is 11.1 Å². The Balaban J connectivity index is 2.68. The summed E-state index contributed by atoms with van der Waals surface area (Å²) in [5, 5.41) is 0. The van der Waals surface area contributed by atoms with Gasteiger partial charge < -0.3 is 5.73 Å². The number of halogens is 1. The Labute approximate surface area is 93.9 Å². The summed E-state index contributed by atoms with van der Waals surface area (Å²) in [6.07, 6.45) is 3.22. The summed E-state index contributed by atoms with van der Waals surface area (Å²) in [5.74, 6) is -0.210. The van der Waals surface area contributed by atoms with E-state index in [0.29, 0.717) is 16.8 Å². The third-order valence-electron chi connectivity index (χ3n) is 2.74. The number of aromatic nitrogens is 1. The van der Waals surface area contributed by atoms with E-state index in [9.17, 15) is 4.39 Å². The second kappa shape index (κ2) is 3.93. The van der Waals surface area contributed by atoms with Crippen LogP contribution in [0.4, 0.5) is 10.1 Å². The Kier molecular flexibility index (Phi) is 2.60. The third-order valence-corrected chi connectivity index (χ3v) is 2.74. The van der Waals surface area contributed by atoms with Gasteiger partial charge in [0.05, 0.1) is 11.9 Å². The largest absolute Gasteiger partial charge is 0.397 e. The fraction of sp³-hybridized carbons (Fsp3) is 0.154. The van der Waals surface area contributed by atoms with Crippen LogP contribution < -0.4 is 5.73 Å². The lowest BCUT2D eigenvalue weighted by Crippen LogP contribution is -1.96. The average molecular weight is 216 g/mol. The second-order valence-corrected chi connectivity index (χ2v) is 3.84. The van der Waals surface area contributed by atoms with Crippen LogP contribution in [0.15, 0.2) is 30.6 Å². The number of hydrogen-bond acceptors (Lipinski definition) is 2. The van der Waals surface area contributed by atoms with Crippen molar-refractivity contribution in [3.8, 4) is 11.1 Å². The smallest absolute Gasteiger partial charge is 0.133 e. The maximum Gasteiger partial charge on any atom is 0.133 e. The molecule has 0 atom stereocenters. The van der Waals surface area contributed by atoms with E-state index in [0.717, 1.165) is 11.1 Å². The number of nitrogens with zero attached hydrogens (tertiary/aromatic N) is 1. The van der Waals surface area contributed by atoms with Gasteiger partial charge in [0.1, 0.15) is 5.82 Å². The van der Waals surface area contributed by atoms with Crippen LogP contribution in [-0.2, 0) is 0 Å². The molecule has 2 aromatic rings. The van der Waals surface area contributed by atoms with E-state index in [4.69, 9.17) is 5.73 Å². The summed E-state index contributed by atoms with van der Waals surface area (Å²) in [5.41, 5.74) is 9.13. The van der Waals surface area contributed by atoms with Crippen molar-refractivity contribution < 1.29 is 4.39 Å². The summed E-state index contributed by atoms with van der Waals surface area (Å²) in [6, 6.07) is 5.32. The monoisotopic (exact) mass is 216 g/mol. The zero-order chi connectivity index (χ0) is 11.7. The molecule has 1 aromatic heterocycles. The fourth-order valence-corrected chi connectivity index (χ4v) is 1.67. The molecule has 0 unspecified atom stereocenters. The van der Waals surface area contributed by atoms with Crippen molar-refractivity contribution in [1.29, 1.82) is 0 Å². The molecule has 0 aliphatic heterocycles. The first-order chi connectivity index (χ1) is 7.61. The molecule has 0 fully saturated rings. The van der Waals surface area contributed by atoms with Gasteiger partial charge >= 0.3 is 0 Å². The van der Waals surface area contributed by atoms with Crippen LogP contribution in [0.5, 0.6) is 0 Å². The molecule has 0 aliphatic rings. The lowest BCUT2D eigenvalue weighted by molar-refractivity contribution is 0.622. The van der Waals surface area contributed by atoms with Crippen molar-refractivity contribution in [2.75, 3.05) is 5.73 Å². The molecule has 2 nitrogen and oxygen atoms in total. The molecule has 0 saturated heterocycles. The molecule has 0 spiro atoms. The van der Waals surface area contributed by atoms with E-state index in [1.807, 2.05) is 13.0 Å². The second-order valence-electron chi connectivity index (χ2n) is 3.84. The molecule has 0 saturated carbocycles. The van der Waals surface area contributed by atoms with Gasteiger partial charge in [-0.25, -0.2) is 4.39 Å². The predicted molar refractivity (Wildman–Crippen MR) is 63.5 cm³/mol. The zero-order valence-corrected chi connectivity index (χ0v) is 9.29. The highest BCUT2D eigenvalue weighted by Crippen LogP contribution is 2.29. The molecule has 1 heterocycles. The maximum absolute atomic E-state index is 13.9. The number of aryl methyl sites for hydroxylation is 1. The molecule has 0 amide bonds. The minimum Gasteiger partial charge on any atom is -0.397 e. The number of hydrogen-bond donors (Lipinski definition) is 1. The minimum atomic E-state index is -0.210. The standard InChI is InChI=1S/C13H13FN2/c1-8-4-3-5-10(13(8)14)11-6-16-7-12(15)9(11)2/h3-7H,15H2,1-2H3. The van der Waals surface area contributed by atoms with Gasteiger partial charge in [-0.3, -0.25) is 4.98 Å². The summed E-state index contributed by atoms with van der Waals surface area (Å²) >= 11 is 0. The molecule has 3 heteroatoms. The van der Waals surface area contributed by atoms with E-state index in [1.54, 1.807) is 31.5 Å². The minimum absolute atomic E-state index is 0.210. The quantitative estimate of drug-likeness (QED) is 0.795. The van der Waals surface area contributed by atoms with E-state index in [2.05, 4.69) is 4.98 Å².